The molecule has 1 saturated heterocycles. The van der Waals surface area contributed by atoms with Gasteiger partial charge in [-0.2, -0.15) is 0 Å². The molecular formula is C10H9F2NO. The molecule has 74 valence electrons. The van der Waals surface area contributed by atoms with Crippen molar-refractivity contribution in [2.24, 2.45) is 0 Å². The predicted molar refractivity (Wildman–Crippen MR) is 47.9 cm³/mol. The van der Waals surface area contributed by atoms with Crippen LogP contribution in [0.15, 0.2) is 18.2 Å². The maximum Gasteiger partial charge on any atom is 0.227 e. The van der Waals surface area contributed by atoms with Crippen molar-refractivity contribution in [2.75, 3.05) is 11.4 Å². The van der Waals surface area contributed by atoms with E-state index in [0.717, 1.165) is 6.07 Å². The highest BCUT2D eigenvalue weighted by atomic mass is 19.2. The van der Waals surface area contributed by atoms with Gasteiger partial charge in [-0.3, -0.25) is 4.79 Å². The third-order valence-electron chi connectivity index (χ3n) is 2.30. The zero-order valence-electron chi connectivity index (χ0n) is 7.46. The van der Waals surface area contributed by atoms with E-state index in [0.29, 0.717) is 19.4 Å². The summed E-state index contributed by atoms with van der Waals surface area (Å²) >= 11 is 0. The van der Waals surface area contributed by atoms with E-state index in [1.165, 1.54) is 17.0 Å². The molecule has 0 N–H and O–H groups in total. The summed E-state index contributed by atoms with van der Waals surface area (Å²) in [6, 6.07) is 3.86. The van der Waals surface area contributed by atoms with Gasteiger partial charge in [-0.1, -0.05) is 6.07 Å². The molecule has 1 aromatic rings. The molecule has 1 heterocycles. The van der Waals surface area contributed by atoms with Crippen LogP contribution >= 0.6 is 0 Å². The number of nitrogens with zero attached hydrogens (tertiary/aromatic N) is 1. The fraction of sp³-hybridized carbons (Fsp3) is 0.300. The largest absolute Gasteiger partial charge is 0.310 e. The molecule has 0 radical (unpaired) electrons. The Bertz CT molecular complexity index is 378. The smallest absolute Gasteiger partial charge is 0.227 e. The monoisotopic (exact) mass is 197 g/mol. The summed E-state index contributed by atoms with van der Waals surface area (Å²) in [6.07, 6.45) is 1.12. The van der Waals surface area contributed by atoms with Gasteiger partial charge in [-0.15, -0.1) is 0 Å². The number of halogens is 2. The maximum atomic E-state index is 13.3. The van der Waals surface area contributed by atoms with Crippen molar-refractivity contribution < 1.29 is 13.6 Å². The topological polar surface area (TPSA) is 20.3 Å². The lowest BCUT2D eigenvalue weighted by atomic mass is 10.2. The van der Waals surface area contributed by atoms with Crippen molar-refractivity contribution in [3.63, 3.8) is 0 Å². The van der Waals surface area contributed by atoms with Crippen LogP contribution in [0.3, 0.4) is 0 Å². The summed E-state index contributed by atoms with van der Waals surface area (Å²) in [7, 11) is 0. The molecule has 0 aromatic heterocycles. The Morgan fingerprint density at radius 2 is 2.07 bits per heavy atom. The van der Waals surface area contributed by atoms with E-state index in [1.54, 1.807) is 0 Å². The van der Waals surface area contributed by atoms with Crippen LogP contribution in [0, 0.1) is 11.6 Å². The quantitative estimate of drug-likeness (QED) is 0.675. The number of hydrogen-bond acceptors (Lipinski definition) is 1. The van der Waals surface area contributed by atoms with Gasteiger partial charge in [0.2, 0.25) is 5.91 Å². The third kappa shape index (κ3) is 1.36. The number of carbonyl (C=O) groups is 1. The Morgan fingerprint density at radius 1 is 1.29 bits per heavy atom. The second kappa shape index (κ2) is 3.36. The van der Waals surface area contributed by atoms with E-state index in [1.807, 2.05) is 0 Å². The first kappa shape index (κ1) is 9.12. The lowest BCUT2D eigenvalue weighted by Gasteiger charge is -2.16. The van der Waals surface area contributed by atoms with Crippen LogP contribution in [0.1, 0.15) is 12.8 Å². The van der Waals surface area contributed by atoms with Crippen molar-refractivity contribution in [3.05, 3.63) is 29.8 Å². The van der Waals surface area contributed by atoms with E-state index in [2.05, 4.69) is 0 Å². The molecule has 0 atom stereocenters. The summed E-state index contributed by atoms with van der Waals surface area (Å²) < 4.78 is 26.1. The summed E-state index contributed by atoms with van der Waals surface area (Å²) in [4.78, 5) is 12.6. The molecule has 0 saturated carbocycles. The van der Waals surface area contributed by atoms with Crippen LogP contribution in [0.25, 0.3) is 0 Å². The van der Waals surface area contributed by atoms with Gasteiger partial charge in [-0.05, 0) is 18.6 Å². The molecule has 1 aromatic carbocycles. The predicted octanol–water partition coefficient (Wildman–Crippen LogP) is 2.09. The number of hydrogen-bond donors (Lipinski definition) is 0. The van der Waals surface area contributed by atoms with Gasteiger partial charge in [0, 0.05) is 13.0 Å². The van der Waals surface area contributed by atoms with Crippen LogP contribution in [-0.2, 0) is 4.79 Å². The minimum Gasteiger partial charge on any atom is -0.310 e. The van der Waals surface area contributed by atoms with Crippen LogP contribution in [0.2, 0.25) is 0 Å². The number of rotatable bonds is 1. The first-order valence-corrected chi connectivity index (χ1v) is 4.44. The highest BCUT2D eigenvalue weighted by Gasteiger charge is 2.25. The highest BCUT2D eigenvalue weighted by Crippen LogP contribution is 2.25. The molecule has 0 unspecified atom stereocenters. The molecule has 0 bridgehead atoms. The molecule has 1 aliphatic heterocycles. The number of benzene rings is 1. The fourth-order valence-corrected chi connectivity index (χ4v) is 1.60. The van der Waals surface area contributed by atoms with Gasteiger partial charge in [0.1, 0.15) is 0 Å². The first-order chi connectivity index (χ1) is 6.70. The Balaban J connectivity index is 2.41. The van der Waals surface area contributed by atoms with Gasteiger partial charge < -0.3 is 4.90 Å². The number of carbonyl (C=O) groups excluding carboxylic acids is 1. The number of amides is 1. The van der Waals surface area contributed by atoms with Crippen LogP contribution < -0.4 is 4.90 Å². The second-order valence-electron chi connectivity index (χ2n) is 3.22. The van der Waals surface area contributed by atoms with Crippen molar-refractivity contribution >= 4 is 11.6 Å². The van der Waals surface area contributed by atoms with E-state index < -0.39 is 11.6 Å². The minimum atomic E-state index is -0.942. The Hall–Kier alpha value is -1.45. The molecule has 1 aliphatic rings. The maximum absolute atomic E-state index is 13.3. The Morgan fingerprint density at radius 3 is 2.71 bits per heavy atom. The fourth-order valence-electron chi connectivity index (χ4n) is 1.60. The minimum absolute atomic E-state index is 0.0486. The third-order valence-corrected chi connectivity index (χ3v) is 2.30. The highest BCUT2D eigenvalue weighted by molar-refractivity contribution is 5.95. The van der Waals surface area contributed by atoms with Crippen LogP contribution in [0.4, 0.5) is 14.5 Å². The second-order valence-corrected chi connectivity index (χ2v) is 3.22. The molecule has 2 nitrogen and oxygen atoms in total. The van der Waals surface area contributed by atoms with Crippen molar-refractivity contribution in [1.29, 1.82) is 0 Å². The molecular weight excluding hydrogens is 188 g/mol. The summed E-state index contributed by atoms with van der Waals surface area (Å²) in [6.45, 7) is 0.471. The van der Waals surface area contributed by atoms with E-state index >= 15 is 0 Å². The van der Waals surface area contributed by atoms with Crippen molar-refractivity contribution in [2.45, 2.75) is 12.8 Å². The number of anilines is 1. The molecule has 0 spiro atoms. The Labute approximate surface area is 80.1 Å². The summed E-state index contributed by atoms with van der Waals surface area (Å²) in [5.41, 5.74) is 0.0486. The van der Waals surface area contributed by atoms with Gasteiger partial charge in [0.25, 0.3) is 0 Å². The summed E-state index contributed by atoms with van der Waals surface area (Å²) in [5.74, 6) is -2.00. The normalized spacial score (nSPS) is 16.4. The zero-order chi connectivity index (χ0) is 10.1. The van der Waals surface area contributed by atoms with E-state index in [9.17, 15) is 13.6 Å². The zero-order valence-corrected chi connectivity index (χ0v) is 7.46. The average molecular weight is 197 g/mol. The molecule has 1 amide bonds. The molecule has 4 heteroatoms. The Kier molecular flexibility index (Phi) is 2.19. The molecule has 2 rings (SSSR count). The lowest BCUT2D eigenvalue weighted by Crippen LogP contribution is -2.24. The van der Waals surface area contributed by atoms with Gasteiger partial charge in [-0.25, -0.2) is 8.78 Å². The van der Waals surface area contributed by atoms with Crippen molar-refractivity contribution in [1.82, 2.24) is 0 Å². The molecule has 14 heavy (non-hydrogen) atoms. The van der Waals surface area contributed by atoms with E-state index in [-0.39, 0.29) is 11.6 Å². The van der Waals surface area contributed by atoms with Crippen LogP contribution in [-0.4, -0.2) is 12.5 Å². The molecule has 1 fully saturated rings. The first-order valence-electron chi connectivity index (χ1n) is 4.44. The van der Waals surface area contributed by atoms with Gasteiger partial charge in [0.15, 0.2) is 11.6 Å². The summed E-state index contributed by atoms with van der Waals surface area (Å²) in [5, 5.41) is 0. The lowest BCUT2D eigenvalue weighted by molar-refractivity contribution is -0.117. The standard InChI is InChI=1S/C10H9F2NO/c11-7-3-1-4-8(10(7)12)13-6-2-5-9(13)14/h1,3-4H,2,5-6H2. The van der Waals surface area contributed by atoms with Gasteiger partial charge in [0.05, 0.1) is 5.69 Å². The van der Waals surface area contributed by atoms with E-state index in [4.69, 9.17) is 0 Å². The average Bonchev–Trinajstić information content (AvgIpc) is 2.57. The van der Waals surface area contributed by atoms with Crippen LogP contribution in [0.5, 0.6) is 0 Å². The molecule has 0 aliphatic carbocycles. The van der Waals surface area contributed by atoms with Gasteiger partial charge >= 0.3 is 0 Å². The van der Waals surface area contributed by atoms with Crippen molar-refractivity contribution in [3.8, 4) is 0 Å². The SMILES string of the molecule is O=C1CCCN1c1cccc(F)c1F.